The second-order valence-corrected chi connectivity index (χ2v) is 8.95. The van der Waals surface area contributed by atoms with Crippen molar-refractivity contribution in [1.82, 2.24) is 4.31 Å². The molecule has 1 aliphatic rings. The van der Waals surface area contributed by atoms with Crippen LogP contribution < -0.4 is 20.1 Å². The summed E-state index contributed by atoms with van der Waals surface area (Å²) in [5, 5.41) is 6.07. The highest BCUT2D eigenvalue weighted by atomic mass is 35.5. The molecule has 3 rings (SSSR count). The van der Waals surface area contributed by atoms with Crippen molar-refractivity contribution in [3.8, 4) is 11.5 Å². The minimum Gasteiger partial charge on any atom is -0.495 e. The number of carbonyl (C=O) groups excluding carboxylic acids is 1. The van der Waals surface area contributed by atoms with Crippen LogP contribution in [0.2, 0.25) is 5.02 Å². The number of halogens is 1. The minimum atomic E-state index is -3.79. The van der Waals surface area contributed by atoms with Crippen molar-refractivity contribution in [1.29, 1.82) is 0 Å². The molecule has 1 fully saturated rings. The van der Waals surface area contributed by atoms with Crippen LogP contribution in [0.1, 0.15) is 0 Å². The van der Waals surface area contributed by atoms with Crippen molar-refractivity contribution < 1.29 is 27.4 Å². The minimum absolute atomic E-state index is 0.00963. The molecule has 1 heterocycles. The Morgan fingerprint density at radius 2 is 1.71 bits per heavy atom. The Hall–Kier alpha value is -2.53. The molecule has 11 heteroatoms. The zero-order valence-electron chi connectivity index (χ0n) is 17.2. The summed E-state index contributed by atoms with van der Waals surface area (Å²) >= 11 is 6.08. The largest absolute Gasteiger partial charge is 0.495 e. The molecular weight excluding hydrogens is 446 g/mol. The molecule has 0 atom stereocenters. The summed E-state index contributed by atoms with van der Waals surface area (Å²) < 4.78 is 43.0. The first-order valence-corrected chi connectivity index (χ1v) is 11.3. The average molecular weight is 470 g/mol. The smallest absolute Gasteiger partial charge is 0.246 e. The summed E-state index contributed by atoms with van der Waals surface area (Å²) in [6, 6.07) is 9.56. The topological polar surface area (TPSA) is 106 Å². The number of sulfonamides is 1. The molecule has 0 aromatic heterocycles. The lowest BCUT2D eigenvalue weighted by Gasteiger charge is -2.26. The van der Waals surface area contributed by atoms with Gasteiger partial charge in [-0.1, -0.05) is 11.6 Å². The molecule has 0 spiro atoms. The summed E-state index contributed by atoms with van der Waals surface area (Å²) in [5.41, 5.74) is 0.985. The lowest BCUT2D eigenvalue weighted by molar-refractivity contribution is -0.114. The van der Waals surface area contributed by atoms with Gasteiger partial charge in [0, 0.05) is 24.5 Å². The standard InChI is InChI=1S/C20H24ClN3O6S/c1-28-17-5-3-14(11-16(17)21)22-13-20(25)23-15-4-6-18(29-2)19(12-15)31(26,27)24-7-9-30-10-8-24/h3-6,11-12,22H,7-10,13H2,1-2H3,(H,23,25). The van der Waals surface area contributed by atoms with E-state index in [2.05, 4.69) is 10.6 Å². The summed E-state index contributed by atoms with van der Waals surface area (Å²) in [4.78, 5) is 12.4. The van der Waals surface area contributed by atoms with Crippen LogP contribution in [-0.2, 0) is 19.6 Å². The van der Waals surface area contributed by atoms with Gasteiger partial charge < -0.3 is 24.8 Å². The van der Waals surface area contributed by atoms with Gasteiger partial charge in [-0.3, -0.25) is 4.79 Å². The Morgan fingerprint density at radius 3 is 2.35 bits per heavy atom. The van der Waals surface area contributed by atoms with Crippen LogP contribution in [0.3, 0.4) is 0 Å². The maximum atomic E-state index is 13.0. The lowest BCUT2D eigenvalue weighted by atomic mass is 10.3. The molecule has 1 aliphatic heterocycles. The van der Waals surface area contributed by atoms with E-state index in [0.29, 0.717) is 35.4 Å². The van der Waals surface area contributed by atoms with Gasteiger partial charge in [-0.2, -0.15) is 4.31 Å². The number of nitrogens with one attached hydrogen (secondary N) is 2. The van der Waals surface area contributed by atoms with Crippen molar-refractivity contribution in [2.75, 3.05) is 57.7 Å². The number of hydrogen-bond donors (Lipinski definition) is 2. The van der Waals surface area contributed by atoms with Gasteiger partial charge in [-0.25, -0.2) is 8.42 Å². The van der Waals surface area contributed by atoms with Crippen LogP contribution in [0, 0.1) is 0 Å². The first-order chi connectivity index (χ1) is 14.8. The number of methoxy groups -OCH3 is 2. The van der Waals surface area contributed by atoms with E-state index in [9.17, 15) is 13.2 Å². The van der Waals surface area contributed by atoms with Crippen molar-refractivity contribution >= 4 is 38.9 Å². The van der Waals surface area contributed by atoms with Crippen LogP contribution in [0.15, 0.2) is 41.3 Å². The fourth-order valence-corrected chi connectivity index (χ4v) is 4.89. The fraction of sp³-hybridized carbons (Fsp3) is 0.350. The molecule has 0 unspecified atom stereocenters. The molecule has 31 heavy (non-hydrogen) atoms. The lowest BCUT2D eigenvalue weighted by Crippen LogP contribution is -2.40. The van der Waals surface area contributed by atoms with E-state index in [1.54, 1.807) is 24.3 Å². The summed E-state index contributed by atoms with van der Waals surface area (Å²) in [5.74, 6) is 0.381. The van der Waals surface area contributed by atoms with Crippen LogP contribution in [0.25, 0.3) is 0 Å². The Balaban J connectivity index is 1.70. The molecule has 2 N–H and O–H groups in total. The maximum absolute atomic E-state index is 13.0. The van der Waals surface area contributed by atoms with Crippen LogP contribution in [0.5, 0.6) is 11.5 Å². The van der Waals surface area contributed by atoms with E-state index in [1.807, 2.05) is 0 Å². The van der Waals surface area contributed by atoms with Crippen molar-refractivity contribution in [3.05, 3.63) is 41.4 Å². The van der Waals surface area contributed by atoms with E-state index >= 15 is 0 Å². The third-order valence-electron chi connectivity index (χ3n) is 4.64. The first-order valence-electron chi connectivity index (χ1n) is 9.48. The number of morpholine rings is 1. The highest BCUT2D eigenvalue weighted by molar-refractivity contribution is 7.89. The van der Waals surface area contributed by atoms with Crippen LogP contribution in [0.4, 0.5) is 11.4 Å². The number of rotatable bonds is 8. The molecule has 9 nitrogen and oxygen atoms in total. The molecule has 0 radical (unpaired) electrons. The highest BCUT2D eigenvalue weighted by Gasteiger charge is 2.29. The van der Waals surface area contributed by atoms with Crippen LogP contribution in [-0.4, -0.2) is 65.7 Å². The van der Waals surface area contributed by atoms with Crippen molar-refractivity contribution in [2.24, 2.45) is 0 Å². The molecule has 168 valence electrons. The number of ether oxygens (including phenoxy) is 3. The predicted octanol–water partition coefficient (Wildman–Crippen LogP) is 2.43. The first kappa shape index (κ1) is 23.1. The van der Waals surface area contributed by atoms with Gasteiger partial charge in [0.1, 0.15) is 16.4 Å². The zero-order valence-corrected chi connectivity index (χ0v) is 18.8. The maximum Gasteiger partial charge on any atom is 0.246 e. The predicted molar refractivity (Wildman–Crippen MR) is 118 cm³/mol. The van der Waals surface area contributed by atoms with E-state index in [4.69, 9.17) is 25.8 Å². The van der Waals surface area contributed by atoms with Gasteiger partial charge in [0.2, 0.25) is 15.9 Å². The second kappa shape index (κ2) is 10.2. The van der Waals surface area contributed by atoms with Crippen molar-refractivity contribution in [3.63, 3.8) is 0 Å². The van der Waals surface area contributed by atoms with Gasteiger partial charge in [-0.15, -0.1) is 0 Å². The number of anilines is 2. The Kier molecular flexibility index (Phi) is 7.60. The van der Waals surface area contributed by atoms with E-state index in [1.165, 1.54) is 30.7 Å². The third-order valence-corrected chi connectivity index (χ3v) is 6.86. The molecule has 0 aliphatic carbocycles. The van der Waals surface area contributed by atoms with Gasteiger partial charge >= 0.3 is 0 Å². The van der Waals surface area contributed by atoms with Gasteiger partial charge in [-0.05, 0) is 36.4 Å². The van der Waals surface area contributed by atoms with Gasteiger partial charge in [0.25, 0.3) is 0 Å². The molecule has 2 aromatic carbocycles. The summed E-state index contributed by atoms with van der Waals surface area (Å²) in [7, 11) is -0.878. The average Bonchev–Trinajstić information content (AvgIpc) is 2.78. The quantitative estimate of drug-likeness (QED) is 0.611. The Morgan fingerprint density at radius 1 is 1.06 bits per heavy atom. The molecule has 1 saturated heterocycles. The molecule has 0 bridgehead atoms. The monoisotopic (exact) mass is 469 g/mol. The van der Waals surface area contributed by atoms with E-state index in [-0.39, 0.29) is 36.2 Å². The number of hydrogen-bond acceptors (Lipinski definition) is 7. The number of nitrogens with zero attached hydrogens (tertiary/aromatic N) is 1. The highest BCUT2D eigenvalue weighted by Crippen LogP contribution is 2.30. The van der Waals surface area contributed by atoms with Crippen LogP contribution >= 0.6 is 11.6 Å². The summed E-state index contributed by atoms with van der Waals surface area (Å²) in [6.07, 6.45) is 0. The van der Waals surface area contributed by atoms with E-state index in [0.717, 1.165) is 0 Å². The van der Waals surface area contributed by atoms with Gasteiger partial charge in [0.15, 0.2) is 0 Å². The fourth-order valence-electron chi connectivity index (χ4n) is 3.05. The third kappa shape index (κ3) is 5.59. The zero-order chi connectivity index (χ0) is 22.4. The van der Waals surface area contributed by atoms with Crippen molar-refractivity contribution in [2.45, 2.75) is 4.90 Å². The number of carbonyl (C=O) groups is 1. The number of benzene rings is 2. The normalized spacial score (nSPS) is 14.7. The Labute approximate surface area is 186 Å². The SMILES string of the molecule is COc1ccc(NCC(=O)Nc2ccc(OC)c(S(=O)(=O)N3CCOCC3)c2)cc1Cl. The molecule has 1 amide bonds. The molecule has 2 aromatic rings. The summed E-state index contributed by atoms with van der Waals surface area (Å²) in [6.45, 7) is 1.14. The number of amides is 1. The van der Waals surface area contributed by atoms with Gasteiger partial charge in [0.05, 0.1) is 39.0 Å². The van der Waals surface area contributed by atoms with E-state index < -0.39 is 10.0 Å². The molecule has 0 saturated carbocycles. The Bertz CT molecular complexity index is 1040. The molecular formula is C20H24ClN3O6S. The second-order valence-electron chi connectivity index (χ2n) is 6.63.